The monoisotopic (exact) mass is 251 g/mol. The zero-order chi connectivity index (χ0) is 13.5. The first kappa shape index (κ1) is 15.2. The zero-order valence-electron chi connectivity index (χ0n) is 12.7. The molecule has 1 heterocycles. The van der Waals surface area contributed by atoms with Crippen LogP contribution >= 0.6 is 0 Å². The Kier molecular flexibility index (Phi) is 6.41. The van der Waals surface area contributed by atoms with Gasteiger partial charge in [0.1, 0.15) is 0 Å². The molecule has 0 aromatic carbocycles. The second kappa shape index (κ2) is 7.57. The Hall–Kier alpha value is -0.830. The van der Waals surface area contributed by atoms with Gasteiger partial charge in [-0.1, -0.05) is 34.1 Å². The Labute approximate surface area is 112 Å². The molecule has 1 unspecified atom stereocenters. The fraction of sp³-hybridized carbons (Fsp3) is 0.800. The van der Waals surface area contributed by atoms with Crippen LogP contribution in [0, 0.1) is 0 Å². The van der Waals surface area contributed by atoms with Crippen LogP contribution in [0.5, 0.6) is 0 Å². The summed E-state index contributed by atoms with van der Waals surface area (Å²) >= 11 is 0. The molecule has 0 aliphatic heterocycles. The van der Waals surface area contributed by atoms with Crippen molar-refractivity contribution in [3.05, 3.63) is 17.0 Å². The summed E-state index contributed by atoms with van der Waals surface area (Å²) in [7, 11) is 0. The Morgan fingerprint density at radius 1 is 1.17 bits per heavy atom. The third kappa shape index (κ3) is 3.35. The van der Waals surface area contributed by atoms with Gasteiger partial charge < -0.3 is 5.32 Å². The summed E-state index contributed by atoms with van der Waals surface area (Å²) in [6, 6.07) is 0.412. The van der Waals surface area contributed by atoms with Crippen LogP contribution in [0.2, 0.25) is 0 Å². The molecule has 1 aromatic heterocycles. The lowest BCUT2D eigenvalue weighted by Crippen LogP contribution is -2.20. The number of hydrogen-bond donors (Lipinski definition) is 1. The van der Waals surface area contributed by atoms with Gasteiger partial charge in [-0.25, -0.2) is 0 Å². The first-order valence-corrected chi connectivity index (χ1v) is 7.51. The van der Waals surface area contributed by atoms with Crippen molar-refractivity contribution < 1.29 is 0 Å². The van der Waals surface area contributed by atoms with Crippen molar-refractivity contribution in [2.24, 2.45) is 0 Å². The molecule has 3 nitrogen and oxygen atoms in total. The number of nitrogens with one attached hydrogen (secondary N) is 1. The Morgan fingerprint density at radius 3 is 2.39 bits per heavy atom. The van der Waals surface area contributed by atoms with Crippen LogP contribution < -0.4 is 5.32 Å². The molecule has 0 radical (unpaired) electrons. The van der Waals surface area contributed by atoms with Crippen LogP contribution in [0.3, 0.4) is 0 Å². The summed E-state index contributed by atoms with van der Waals surface area (Å²) in [5.74, 6) is 0. The number of aryl methyl sites for hydroxylation is 2. The maximum atomic E-state index is 4.82. The van der Waals surface area contributed by atoms with E-state index >= 15 is 0 Å². The maximum absolute atomic E-state index is 4.82. The Morgan fingerprint density at radius 2 is 1.89 bits per heavy atom. The predicted octanol–water partition coefficient (Wildman–Crippen LogP) is 3.48. The summed E-state index contributed by atoms with van der Waals surface area (Å²) in [6.45, 7) is 13.2. The van der Waals surface area contributed by atoms with E-state index in [0.717, 1.165) is 25.9 Å². The highest BCUT2D eigenvalue weighted by atomic mass is 15.3. The minimum Gasteiger partial charge on any atom is -0.310 e. The number of aromatic nitrogens is 2. The van der Waals surface area contributed by atoms with E-state index in [1.165, 1.54) is 29.8 Å². The normalized spacial score (nSPS) is 12.9. The highest BCUT2D eigenvalue weighted by molar-refractivity contribution is 5.30. The molecule has 104 valence electrons. The van der Waals surface area contributed by atoms with E-state index in [2.05, 4.69) is 44.6 Å². The van der Waals surface area contributed by atoms with Gasteiger partial charge in [-0.15, -0.1) is 0 Å². The van der Waals surface area contributed by atoms with Gasteiger partial charge in [0, 0.05) is 23.8 Å². The lowest BCUT2D eigenvalue weighted by atomic mass is 10.0. The highest BCUT2D eigenvalue weighted by Gasteiger charge is 2.19. The van der Waals surface area contributed by atoms with Gasteiger partial charge in [0.25, 0.3) is 0 Å². The third-order valence-corrected chi connectivity index (χ3v) is 3.51. The molecule has 0 saturated heterocycles. The maximum Gasteiger partial charge on any atom is 0.0672 e. The van der Waals surface area contributed by atoms with E-state index in [4.69, 9.17) is 5.10 Å². The summed E-state index contributed by atoms with van der Waals surface area (Å²) in [5, 5.41) is 8.34. The van der Waals surface area contributed by atoms with E-state index in [-0.39, 0.29) is 0 Å². The second-order valence-corrected chi connectivity index (χ2v) is 4.87. The lowest BCUT2D eigenvalue weighted by Gasteiger charge is -2.15. The number of hydrogen-bond acceptors (Lipinski definition) is 2. The third-order valence-electron chi connectivity index (χ3n) is 3.51. The molecule has 1 aromatic rings. The van der Waals surface area contributed by atoms with Crippen LogP contribution in [0.25, 0.3) is 0 Å². The molecule has 0 amide bonds. The van der Waals surface area contributed by atoms with E-state index < -0.39 is 0 Å². The molecular formula is C15H29N3. The number of nitrogens with zero attached hydrogens (tertiary/aromatic N) is 2. The summed E-state index contributed by atoms with van der Waals surface area (Å²) < 4.78 is 2.24. The fourth-order valence-electron chi connectivity index (χ4n) is 2.60. The van der Waals surface area contributed by atoms with Gasteiger partial charge in [0.2, 0.25) is 0 Å². The highest BCUT2D eigenvalue weighted by Crippen LogP contribution is 2.24. The van der Waals surface area contributed by atoms with Gasteiger partial charge in [-0.3, -0.25) is 4.68 Å². The standard InChI is InChI=1S/C15H29N3/c1-6-10-11-18-14(8-3)15(12(5)16-9-4)13(7-2)17-18/h12,16H,6-11H2,1-5H3. The molecule has 0 aliphatic carbocycles. The van der Waals surface area contributed by atoms with Gasteiger partial charge in [-0.05, 0) is 32.7 Å². The zero-order valence-corrected chi connectivity index (χ0v) is 12.7. The minimum atomic E-state index is 0.412. The lowest BCUT2D eigenvalue weighted by molar-refractivity contribution is 0.541. The van der Waals surface area contributed by atoms with Gasteiger partial charge >= 0.3 is 0 Å². The van der Waals surface area contributed by atoms with Gasteiger partial charge in [0.05, 0.1) is 5.69 Å². The Balaban J connectivity index is 3.07. The molecule has 1 N–H and O–H groups in total. The smallest absolute Gasteiger partial charge is 0.0672 e. The van der Waals surface area contributed by atoms with E-state index in [0.29, 0.717) is 6.04 Å². The van der Waals surface area contributed by atoms with Crippen molar-refractivity contribution >= 4 is 0 Å². The van der Waals surface area contributed by atoms with E-state index in [1.807, 2.05) is 0 Å². The topological polar surface area (TPSA) is 29.9 Å². The Bertz CT molecular complexity index is 355. The van der Waals surface area contributed by atoms with Crippen LogP contribution in [0.1, 0.15) is 70.5 Å². The molecule has 0 aliphatic rings. The minimum absolute atomic E-state index is 0.412. The van der Waals surface area contributed by atoms with Crippen LogP contribution in [-0.2, 0) is 19.4 Å². The van der Waals surface area contributed by atoms with Crippen LogP contribution in [0.15, 0.2) is 0 Å². The van der Waals surface area contributed by atoms with Gasteiger partial charge in [-0.2, -0.15) is 5.10 Å². The summed E-state index contributed by atoms with van der Waals surface area (Å²) in [6.07, 6.45) is 4.54. The molecule has 18 heavy (non-hydrogen) atoms. The largest absolute Gasteiger partial charge is 0.310 e. The van der Waals surface area contributed by atoms with Crippen molar-refractivity contribution in [1.82, 2.24) is 15.1 Å². The van der Waals surface area contributed by atoms with Crippen molar-refractivity contribution in [3.8, 4) is 0 Å². The van der Waals surface area contributed by atoms with Crippen molar-refractivity contribution in [2.75, 3.05) is 6.54 Å². The average Bonchev–Trinajstić information content (AvgIpc) is 2.74. The first-order chi connectivity index (χ1) is 8.69. The van der Waals surface area contributed by atoms with E-state index in [1.54, 1.807) is 0 Å². The summed E-state index contributed by atoms with van der Waals surface area (Å²) in [5.41, 5.74) is 4.14. The van der Waals surface area contributed by atoms with E-state index in [9.17, 15) is 0 Å². The van der Waals surface area contributed by atoms with Crippen molar-refractivity contribution in [3.63, 3.8) is 0 Å². The SMILES string of the molecule is CCCCn1nc(CC)c(C(C)NCC)c1CC. The second-order valence-electron chi connectivity index (χ2n) is 4.87. The molecule has 1 rings (SSSR count). The molecule has 0 fully saturated rings. The average molecular weight is 251 g/mol. The van der Waals surface area contributed by atoms with Crippen molar-refractivity contribution in [2.45, 2.75) is 72.9 Å². The molecular weight excluding hydrogens is 222 g/mol. The molecule has 0 spiro atoms. The quantitative estimate of drug-likeness (QED) is 0.766. The van der Waals surface area contributed by atoms with Gasteiger partial charge in [0.15, 0.2) is 0 Å². The molecule has 0 saturated carbocycles. The van der Waals surface area contributed by atoms with Crippen LogP contribution in [0.4, 0.5) is 0 Å². The number of unbranched alkanes of at least 4 members (excludes halogenated alkanes) is 1. The van der Waals surface area contributed by atoms with Crippen LogP contribution in [-0.4, -0.2) is 16.3 Å². The fourth-order valence-corrected chi connectivity index (χ4v) is 2.60. The predicted molar refractivity (Wildman–Crippen MR) is 78.0 cm³/mol. The first-order valence-electron chi connectivity index (χ1n) is 7.51. The summed E-state index contributed by atoms with van der Waals surface area (Å²) in [4.78, 5) is 0. The molecule has 0 bridgehead atoms. The number of rotatable bonds is 8. The molecule has 3 heteroatoms. The van der Waals surface area contributed by atoms with Crippen molar-refractivity contribution in [1.29, 1.82) is 0 Å². The molecule has 1 atom stereocenters.